The number of thioether (sulfide) groups is 1. The van der Waals surface area contributed by atoms with Gasteiger partial charge < -0.3 is 10.6 Å². The summed E-state index contributed by atoms with van der Waals surface area (Å²) in [6.07, 6.45) is 5.04. The Morgan fingerprint density at radius 1 is 1.06 bits per heavy atom. The molecule has 0 aromatic heterocycles. The minimum atomic E-state index is -0.609. The van der Waals surface area contributed by atoms with Gasteiger partial charge in [0.1, 0.15) is 6.04 Å². The number of amides is 2. The van der Waals surface area contributed by atoms with E-state index in [0.29, 0.717) is 23.6 Å². The second-order valence-corrected chi connectivity index (χ2v) is 9.15. The van der Waals surface area contributed by atoms with Crippen LogP contribution < -0.4 is 10.6 Å². The standard InChI is InChI=1S/C24H30ClN3O2S/c1-31-15-12-22(27-23(29)20-10-4-5-11-21(20)25)24(30)26-16-18-8-2-3-9-19(18)17-28-13-6-7-14-28/h2-5,8-11,22H,6-7,12-17H2,1H3,(H,26,30)(H,27,29). The van der Waals surface area contributed by atoms with Crippen LogP contribution >= 0.6 is 23.4 Å². The van der Waals surface area contributed by atoms with Crippen molar-refractivity contribution in [3.63, 3.8) is 0 Å². The van der Waals surface area contributed by atoms with Crippen LogP contribution in [-0.4, -0.2) is 47.9 Å². The van der Waals surface area contributed by atoms with Crippen LogP contribution in [0.1, 0.15) is 40.7 Å². The molecular weight excluding hydrogens is 430 g/mol. The summed E-state index contributed by atoms with van der Waals surface area (Å²) < 4.78 is 0. The lowest BCUT2D eigenvalue weighted by atomic mass is 10.1. The smallest absolute Gasteiger partial charge is 0.253 e. The average molecular weight is 460 g/mol. The molecule has 0 radical (unpaired) electrons. The van der Waals surface area contributed by atoms with Crippen LogP contribution in [0.2, 0.25) is 5.02 Å². The van der Waals surface area contributed by atoms with E-state index in [4.69, 9.17) is 11.6 Å². The first-order valence-corrected chi connectivity index (χ1v) is 12.5. The Hall–Kier alpha value is -2.02. The van der Waals surface area contributed by atoms with E-state index in [-0.39, 0.29) is 11.8 Å². The van der Waals surface area contributed by atoms with Crippen molar-refractivity contribution in [3.05, 3.63) is 70.2 Å². The monoisotopic (exact) mass is 459 g/mol. The van der Waals surface area contributed by atoms with Crippen LogP contribution in [0.4, 0.5) is 0 Å². The van der Waals surface area contributed by atoms with Gasteiger partial charge in [-0.25, -0.2) is 0 Å². The Morgan fingerprint density at radius 2 is 1.74 bits per heavy atom. The van der Waals surface area contributed by atoms with E-state index in [2.05, 4.69) is 27.7 Å². The molecule has 2 N–H and O–H groups in total. The SMILES string of the molecule is CSCCC(NC(=O)c1ccccc1Cl)C(=O)NCc1ccccc1CN1CCCC1. The highest BCUT2D eigenvalue weighted by Crippen LogP contribution is 2.17. The molecule has 1 aliphatic heterocycles. The Bertz CT molecular complexity index is 887. The Labute approximate surface area is 193 Å². The van der Waals surface area contributed by atoms with Gasteiger partial charge in [-0.2, -0.15) is 11.8 Å². The van der Waals surface area contributed by atoms with Crippen molar-refractivity contribution in [2.75, 3.05) is 25.1 Å². The van der Waals surface area contributed by atoms with Crippen LogP contribution in [0.25, 0.3) is 0 Å². The fourth-order valence-electron chi connectivity index (χ4n) is 3.76. The van der Waals surface area contributed by atoms with Gasteiger partial charge >= 0.3 is 0 Å². The highest BCUT2D eigenvalue weighted by Gasteiger charge is 2.22. The summed E-state index contributed by atoms with van der Waals surface area (Å²) in [5.74, 6) is 0.263. The van der Waals surface area contributed by atoms with Crippen LogP contribution in [0.15, 0.2) is 48.5 Å². The van der Waals surface area contributed by atoms with Gasteiger partial charge in [0, 0.05) is 13.1 Å². The van der Waals surface area contributed by atoms with Crippen molar-refractivity contribution >= 4 is 35.2 Å². The first-order valence-electron chi connectivity index (χ1n) is 10.7. The summed E-state index contributed by atoms with van der Waals surface area (Å²) in [6, 6.07) is 14.5. The van der Waals surface area contributed by atoms with E-state index in [0.717, 1.165) is 31.0 Å². The maximum absolute atomic E-state index is 13.0. The molecule has 0 aliphatic carbocycles. The molecule has 1 atom stereocenters. The quantitative estimate of drug-likeness (QED) is 0.561. The fraction of sp³-hybridized carbons (Fsp3) is 0.417. The molecule has 5 nitrogen and oxygen atoms in total. The molecule has 1 fully saturated rings. The van der Waals surface area contributed by atoms with E-state index in [9.17, 15) is 9.59 Å². The van der Waals surface area contributed by atoms with Gasteiger partial charge in [0.25, 0.3) is 5.91 Å². The fourth-order valence-corrected chi connectivity index (χ4v) is 4.45. The zero-order valence-corrected chi connectivity index (χ0v) is 19.5. The summed E-state index contributed by atoms with van der Waals surface area (Å²) in [4.78, 5) is 28.1. The molecule has 0 spiro atoms. The van der Waals surface area contributed by atoms with Crippen molar-refractivity contribution in [1.29, 1.82) is 0 Å². The third-order valence-corrected chi connectivity index (χ3v) is 6.49. The van der Waals surface area contributed by atoms with Crippen molar-refractivity contribution in [2.45, 2.75) is 38.4 Å². The number of rotatable bonds is 10. The molecule has 1 unspecified atom stereocenters. The molecule has 31 heavy (non-hydrogen) atoms. The number of carbonyl (C=O) groups excluding carboxylic acids is 2. The first-order chi connectivity index (χ1) is 15.1. The summed E-state index contributed by atoms with van der Waals surface area (Å²) >= 11 is 7.79. The van der Waals surface area contributed by atoms with Crippen molar-refractivity contribution in [2.24, 2.45) is 0 Å². The molecular formula is C24H30ClN3O2S. The lowest BCUT2D eigenvalue weighted by molar-refractivity contribution is -0.123. The third-order valence-electron chi connectivity index (χ3n) is 5.52. The second kappa shape index (κ2) is 12.1. The Balaban J connectivity index is 1.63. The molecule has 1 saturated heterocycles. The molecule has 1 aliphatic rings. The Kier molecular flexibility index (Phi) is 9.25. The number of hydrogen-bond acceptors (Lipinski definition) is 4. The largest absolute Gasteiger partial charge is 0.350 e. The van der Waals surface area contributed by atoms with E-state index in [1.165, 1.54) is 18.4 Å². The molecule has 2 amide bonds. The number of hydrogen-bond donors (Lipinski definition) is 2. The van der Waals surface area contributed by atoms with Gasteiger partial charge in [-0.15, -0.1) is 0 Å². The minimum absolute atomic E-state index is 0.176. The normalized spacial score (nSPS) is 14.9. The van der Waals surface area contributed by atoms with Crippen molar-refractivity contribution in [1.82, 2.24) is 15.5 Å². The summed E-state index contributed by atoms with van der Waals surface area (Å²) in [6.45, 7) is 3.61. The molecule has 0 saturated carbocycles. The van der Waals surface area contributed by atoms with Crippen molar-refractivity contribution in [3.8, 4) is 0 Å². The second-order valence-electron chi connectivity index (χ2n) is 7.76. The number of benzene rings is 2. The predicted molar refractivity (Wildman–Crippen MR) is 129 cm³/mol. The summed E-state index contributed by atoms with van der Waals surface area (Å²) in [5.41, 5.74) is 2.73. The molecule has 0 bridgehead atoms. The van der Waals surface area contributed by atoms with Gasteiger partial charge in [0.2, 0.25) is 5.91 Å². The van der Waals surface area contributed by atoms with Crippen LogP contribution in [0.3, 0.4) is 0 Å². The number of likely N-dealkylation sites (tertiary alicyclic amines) is 1. The van der Waals surface area contributed by atoms with Crippen LogP contribution in [0.5, 0.6) is 0 Å². The lowest BCUT2D eigenvalue weighted by Gasteiger charge is -2.20. The van der Waals surface area contributed by atoms with Gasteiger partial charge in [-0.05, 0) is 67.6 Å². The third kappa shape index (κ3) is 6.99. The molecule has 2 aromatic rings. The first kappa shape index (κ1) is 23.6. The van der Waals surface area contributed by atoms with Gasteiger partial charge in [0.05, 0.1) is 10.6 Å². The van der Waals surface area contributed by atoms with Crippen LogP contribution in [-0.2, 0) is 17.9 Å². The minimum Gasteiger partial charge on any atom is -0.350 e. The number of carbonyl (C=O) groups is 2. The summed E-state index contributed by atoms with van der Waals surface area (Å²) in [7, 11) is 0. The molecule has 7 heteroatoms. The highest BCUT2D eigenvalue weighted by molar-refractivity contribution is 7.98. The summed E-state index contributed by atoms with van der Waals surface area (Å²) in [5, 5.41) is 6.27. The van der Waals surface area contributed by atoms with E-state index in [1.807, 2.05) is 18.4 Å². The van der Waals surface area contributed by atoms with E-state index < -0.39 is 6.04 Å². The van der Waals surface area contributed by atoms with E-state index in [1.54, 1.807) is 36.0 Å². The highest BCUT2D eigenvalue weighted by atomic mass is 35.5. The maximum Gasteiger partial charge on any atom is 0.253 e. The zero-order valence-electron chi connectivity index (χ0n) is 17.9. The number of nitrogens with one attached hydrogen (secondary N) is 2. The lowest BCUT2D eigenvalue weighted by Crippen LogP contribution is -2.47. The van der Waals surface area contributed by atoms with Crippen molar-refractivity contribution < 1.29 is 9.59 Å². The number of nitrogens with zero attached hydrogens (tertiary/aromatic N) is 1. The van der Waals surface area contributed by atoms with Gasteiger partial charge in [0.15, 0.2) is 0 Å². The van der Waals surface area contributed by atoms with Crippen LogP contribution in [0, 0.1) is 0 Å². The van der Waals surface area contributed by atoms with Gasteiger partial charge in [-0.3, -0.25) is 14.5 Å². The number of halogens is 1. The molecule has 3 rings (SSSR count). The predicted octanol–water partition coefficient (Wildman–Crippen LogP) is 4.10. The molecule has 166 valence electrons. The Morgan fingerprint density at radius 3 is 2.45 bits per heavy atom. The molecule has 1 heterocycles. The van der Waals surface area contributed by atoms with Gasteiger partial charge in [-0.1, -0.05) is 48.0 Å². The molecule has 2 aromatic carbocycles. The average Bonchev–Trinajstić information content (AvgIpc) is 3.29. The zero-order chi connectivity index (χ0) is 22.1. The maximum atomic E-state index is 13.0. The topological polar surface area (TPSA) is 61.4 Å². The van der Waals surface area contributed by atoms with E-state index >= 15 is 0 Å².